The molecule has 1 unspecified atom stereocenters. The molecule has 0 aliphatic carbocycles. The largest absolute Gasteiger partial charge is 0.376 e. The fourth-order valence-electron chi connectivity index (χ4n) is 2.60. The van der Waals surface area contributed by atoms with E-state index in [0.717, 1.165) is 15.9 Å². The quantitative estimate of drug-likeness (QED) is 0.666. The zero-order valence-electron chi connectivity index (χ0n) is 12.3. The van der Waals surface area contributed by atoms with Gasteiger partial charge in [0.1, 0.15) is 5.52 Å². The minimum atomic E-state index is 0.174. The molecule has 1 aromatic heterocycles. The van der Waals surface area contributed by atoms with Gasteiger partial charge < -0.3 is 5.32 Å². The number of nitrogens with one attached hydrogen (secondary N) is 1. The van der Waals surface area contributed by atoms with Crippen LogP contribution >= 0.6 is 22.9 Å². The Labute approximate surface area is 133 Å². The molecule has 0 spiro atoms. The molecule has 0 radical (unpaired) electrons. The molecule has 0 amide bonds. The maximum absolute atomic E-state index is 6.36. The van der Waals surface area contributed by atoms with Crippen LogP contribution in [0.5, 0.6) is 0 Å². The fourth-order valence-corrected chi connectivity index (χ4v) is 3.50. The lowest BCUT2D eigenvalue weighted by Crippen LogP contribution is -2.08. The van der Waals surface area contributed by atoms with Crippen LogP contribution in [0.4, 0.5) is 5.69 Å². The molecular formula is C17H17ClN2S. The van der Waals surface area contributed by atoms with E-state index in [9.17, 15) is 0 Å². The third-order valence-corrected chi connectivity index (χ3v) is 4.67. The molecule has 2 nitrogen and oxygen atoms in total. The lowest BCUT2D eigenvalue weighted by Gasteiger charge is -2.18. The molecule has 0 saturated heterocycles. The zero-order valence-corrected chi connectivity index (χ0v) is 13.8. The number of rotatable bonds is 3. The first kappa shape index (κ1) is 14.4. The van der Waals surface area contributed by atoms with E-state index in [1.54, 1.807) is 11.3 Å². The summed E-state index contributed by atoms with van der Waals surface area (Å²) in [4.78, 5) is 4.43. The van der Waals surface area contributed by atoms with E-state index in [-0.39, 0.29) is 6.04 Å². The normalized spacial score (nSPS) is 12.6. The van der Waals surface area contributed by atoms with E-state index in [0.29, 0.717) is 5.02 Å². The Hall–Kier alpha value is -1.58. The van der Waals surface area contributed by atoms with Gasteiger partial charge in [0.25, 0.3) is 0 Å². The van der Waals surface area contributed by atoms with Crippen LogP contribution < -0.4 is 5.32 Å². The van der Waals surface area contributed by atoms with Gasteiger partial charge in [-0.25, -0.2) is 4.98 Å². The predicted octanol–water partition coefficient (Wildman–Crippen LogP) is 5.74. The van der Waals surface area contributed by atoms with E-state index in [2.05, 4.69) is 49.3 Å². The third kappa shape index (κ3) is 2.89. The maximum Gasteiger partial charge on any atom is 0.106 e. The van der Waals surface area contributed by atoms with Crippen LogP contribution in [0.1, 0.15) is 29.7 Å². The molecule has 0 fully saturated rings. The Balaban J connectivity index is 1.97. The van der Waals surface area contributed by atoms with Crippen molar-refractivity contribution >= 4 is 38.8 Å². The molecule has 0 bridgehead atoms. The van der Waals surface area contributed by atoms with Gasteiger partial charge in [-0.2, -0.15) is 0 Å². The molecule has 0 saturated carbocycles. The summed E-state index contributed by atoms with van der Waals surface area (Å²) >= 11 is 7.98. The number of fused-ring (bicyclic) bond motifs is 1. The highest BCUT2D eigenvalue weighted by atomic mass is 35.5. The Kier molecular flexibility index (Phi) is 3.87. The van der Waals surface area contributed by atoms with Crippen LogP contribution in [-0.4, -0.2) is 4.98 Å². The van der Waals surface area contributed by atoms with Crippen molar-refractivity contribution in [3.8, 4) is 0 Å². The number of aromatic nitrogens is 1. The summed E-state index contributed by atoms with van der Waals surface area (Å²) in [6.07, 6.45) is 0. The van der Waals surface area contributed by atoms with Crippen LogP contribution in [0.25, 0.3) is 10.2 Å². The number of benzene rings is 2. The number of thiazole rings is 1. The van der Waals surface area contributed by atoms with Gasteiger partial charge in [-0.1, -0.05) is 40.9 Å². The predicted molar refractivity (Wildman–Crippen MR) is 92.6 cm³/mol. The molecule has 3 rings (SSSR count). The first-order chi connectivity index (χ1) is 10.0. The van der Waals surface area contributed by atoms with Crippen molar-refractivity contribution in [3.63, 3.8) is 0 Å². The van der Waals surface area contributed by atoms with Crippen molar-refractivity contribution in [3.05, 3.63) is 57.6 Å². The molecule has 3 aromatic rings. The summed E-state index contributed by atoms with van der Waals surface area (Å²) in [5.41, 5.74) is 7.53. The van der Waals surface area contributed by atoms with Gasteiger partial charge in [-0.05, 0) is 38.5 Å². The number of anilines is 1. The first-order valence-corrected chi connectivity index (χ1v) is 8.17. The van der Waals surface area contributed by atoms with E-state index in [1.165, 1.54) is 16.7 Å². The number of nitrogens with zero attached hydrogens (tertiary/aromatic N) is 1. The topological polar surface area (TPSA) is 24.9 Å². The molecule has 21 heavy (non-hydrogen) atoms. The van der Waals surface area contributed by atoms with Gasteiger partial charge >= 0.3 is 0 Å². The van der Waals surface area contributed by atoms with E-state index >= 15 is 0 Å². The highest BCUT2D eigenvalue weighted by Gasteiger charge is 2.13. The van der Waals surface area contributed by atoms with Crippen molar-refractivity contribution < 1.29 is 0 Å². The molecule has 1 heterocycles. The van der Waals surface area contributed by atoms with Crippen LogP contribution in [0, 0.1) is 13.8 Å². The number of aryl methyl sites for hydroxylation is 2. The Morgan fingerprint density at radius 3 is 2.57 bits per heavy atom. The minimum Gasteiger partial charge on any atom is -0.376 e. The molecule has 4 heteroatoms. The molecule has 1 atom stereocenters. The SMILES string of the molecule is Cc1cc(C)cc(C(C)Nc2c(Cl)ccc3scnc23)c1. The highest BCUT2D eigenvalue weighted by molar-refractivity contribution is 7.16. The van der Waals surface area contributed by atoms with Gasteiger partial charge in [0.05, 0.1) is 20.9 Å². The van der Waals surface area contributed by atoms with E-state index < -0.39 is 0 Å². The van der Waals surface area contributed by atoms with Gasteiger partial charge in [-0.3, -0.25) is 0 Å². The van der Waals surface area contributed by atoms with Gasteiger partial charge in [0.2, 0.25) is 0 Å². The van der Waals surface area contributed by atoms with Gasteiger partial charge in [-0.15, -0.1) is 11.3 Å². The highest BCUT2D eigenvalue weighted by Crippen LogP contribution is 2.34. The summed E-state index contributed by atoms with van der Waals surface area (Å²) in [7, 11) is 0. The maximum atomic E-state index is 6.36. The lowest BCUT2D eigenvalue weighted by molar-refractivity contribution is 0.882. The van der Waals surface area contributed by atoms with Crippen molar-refractivity contribution in [2.45, 2.75) is 26.8 Å². The van der Waals surface area contributed by atoms with E-state index in [4.69, 9.17) is 11.6 Å². The second-order valence-corrected chi connectivity index (χ2v) is 6.70. The first-order valence-electron chi connectivity index (χ1n) is 6.91. The van der Waals surface area contributed by atoms with Gasteiger partial charge in [0.15, 0.2) is 0 Å². The van der Waals surface area contributed by atoms with Gasteiger partial charge in [0, 0.05) is 6.04 Å². The smallest absolute Gasteiger partial charge is 0.106 e. The summed E-state index contributed by atoms with van der Waals surface area (Å²) < 4.78 is 1.15. The zero-order chi connectivity index (χ0) is 15.0. The molecular weight excluding hydrogens is 300 g/mol. The minimum absolute atomic E-state index is 0.174. The lowest BCUT2D eigenvalue weighted by atomic mass is 10.0. The molecule has 0 aliphatic heterocycles. The van der Waals surface area contributed by atoms with Crippen molar-refractivity contribution in [2.75, 3.05) is 5.32 Å². The average molecular weight is 317 g/mol. The fraction of sp³-hybridized carbons (Fsp3) is 0.235. The number of hydrogen-bond donors (Lipinski definition) is 1. The standard InChI is InChI=1S/C17H17ClN2S/c1-10-6-11(2)8-13(7-10)12(3)20-16-14(18)4-5-15-17(16)19-9-21-15/h4-9,12,20H,1-3H3. The molecule has 1 N–H and O–H groups in total. The van der Waals surface area contributed by atoms with Crippen LogP contribution in [-0.2, 0) is 0 Å². The van der Waals surface area contributed by atoms with Crippen molar-refractivity contribution in [2.24, 2.45) is 0 Å². The second-order valence-electron chi connectivity index (χ2n) is 5.41. The third-order valence-electron chi connectivity index (χ3n) is 3.56. The van der Waals surface area contributed by atoms with Crippen molar-refractivity contribution in [1.82, 2.24) is 4.98 Å². The Morgan fingerprint density at radius 1 is 1.14 bits per heavy atom. The number of halogens is 1. The van der Waals surface area contributed by atoms with Crippen LogP contribution in [0.3, 0.4) is 0 Å². The summed E-state index contributed by atoms with van der Waals surface area (Å²) in [5.74, 6) is 0. The number of hydrogen-bond acceptors (Lipinski definition) is 3. The molecule has 108 valence electrons. The van der Waals surface area contributed by atoms with Crippen LogP contribution in [0.2, 0.25) is 5.02 Å². The van der Waals surface area contributed by atoms with Crippen LogP contribution in [0.15, 0.2) is 35.8 Å². The summed E-state index contributed by atoms with van der Waals surface area (Å²) in [5, 5.41) is 4.23. The second kappa shape index (κ2) is 5.66. The summed E-state index contributed by atoms with van der Waals surface area (Å²) in [6.45, 7) is 6.39. The average Bonchev–Trinajstić information content (AvgIpc) is 2.89. The van der Waals surface area contributed by atoms with Crippen molar-refractivity contribution in [1.29, 1.82) is 0 Å². The Morgan fingerprint density at radius 2 is 1.86 bits per heavy atom. The molecule has 2 aromatic carbocycles. The van der Waals surface area contributed by atoms with E-state index in [1.807, 2.05) is 17.6 Å². The Bertz CT molecular complexity index is 774. The summed E-state index contributed by atoms with van der Waals surface area (Å²) in [6, 6.07) is 10.7. The molecule has 0 aliphatic rings. The monoisotopic (exact) mass is 316 g/mol.